The van der Waals surface area contributed by atoms with Gasteiger partial charge in [0, 0.05) is 16.7 Å². The molecule has 2 N–H and O–H groups in total. The highest BCUT2D eigenvalue weighted by atomic mass is 16.5. The largest absolute Gasteiger partial charge is 0.497 e. The van der Waals surface area contributed by atoms with Crippen molar-refractivity contribution in [1.29, 1.82) is 0 Å². The van der Waals surface area contributed by atoms with Crippen LogP contribution < -0.4 is 15.5 Å². The van der Waals surface area contributed by atoms with Gasteiger partial charge >= 0.3 is 5.91 Å². The standard InChI is InChI=1S/C25H23N3O3/c1-17-8-6-7-11-20(17)16-28-23(18-12-14-21(31-2)15-13-18)22(25(30)27-28)26-24(29)19-9-4-3-5-10-19/h3-16,22-23H,1-2H3,(H-,26,27,29,30)/p+1/b28-16-/t22-,23+/m1/s1. The summed E-state index contributed by atoms with van der Waals surface area (Å²) in [4.78, 5) is 25.7. The monoisotopic (exact) mass is 414 g/mol. The van der Waals surface area contributed by atoms with Gasteiger partial charge in [-0.3, -0.25) is 9.59 Å². The minimum absolute atomic E-state index is 0.269. The van der Waals surface area contributed by atoms with Crippen LogP contribution in [-0.2, 0) is 4.79 Å². The SMILES string of the molecule is COc1ccc([C@H]2[C@@H](NC(=O)c3ccccc3)C(=O)N/[N+]2=C\c2ccccc2C)cc1. The van der Waals surface area contributed by atoms with E-state index in [-0.39, 0.29) is 11.8 Å². The van der Waals surface area contributed by atoms with Crippen molar-refractivity contribution in [2.75, 3.05) is 7.11 Å². The molecule has 0 aliphatic carbocycles. The number of hydrogen-bond acceptors (Lipinski definition) is 3. The molecule has 2 amide bonds. The molecular weight excluding hydrogens is 390 g/mol. The van der Waals surface area contributed by atoms with Crippen molar-refractivity contribution in [2.45, 2.75) is 19.0 Å². The van der Waals surface area contributed by atoms with Crippen molar-refractivity contribution in [3.63, 3.8) is 0 Å². The van der Waals surface area contributed by atoms with Gasteiger partial charge in [0.1, 0.15) is 5.75 Å². The lowest BCUT2D eigenvalue weighted by Gasteiger charge is -2.15. The maximum absolute atomic E-state index is 12.9. The Morgan fingerprint density at radius 2 is 1.68 bits per heavy atom. The lowest BCUT2D eigenvalue weighted by atomic mass is 9.99. The van der Waals surface area contributed by atoms with Crippen LogP contribution in [0, 0.1) is 6.92 Å². The number of methoxy groups -OCH3 is 1. The third-order valence-electron chi connectivity index (χ3n) is 5.38. The van der Waals surface area contributed by atoms with Crippen LogP contribution in [0.4, 0.5) is 0 Å². The predicted molar refractivity (Wildman–Crippen MR) is 118 cm³/mol. The van der Waals surface area contributed by atoms with Crippen molar-refractivity contribution < 1.29 is 19.0 Å². The molecule has 4 rings (SSSR count). The van der Waals surface area contributed by atoms with Crippen LogP contribution in [0.1, 0.15) is 33.1 Å². The van der Waals surface area contributed by atoms with E-state index in [1.54, 1.807) is 36.1 Å². The highest BCUT2D eigenvalue weighted by Gasteiger charge is 2.47. The van der Waals surface area contributed by atoms with E-state index in [0.717, 1.165) is 22.4 Å². The predicted octanol–water partition coefficient (Wildman–Crippen LogP) is 3.02. The minimum Gasteiger partial charge on any atom is -0.497 e. The number of ether oxygens (including phenoxy) is 1. The Morgan fingerprint density at radius 1 is 1.00 bits per heavy atom. The Balaban J connectivity index is 1.72. The summed E-state index contributed by atoms with van der Waals surface area (Å²) in [5, 5.41) is 2.91. The molecule has 0 bridgehead atoms. The fraction of sp³-hybridized carbons (Fsp3) is 0.160. The second-order valence-corrected chi connectivity index (χ2v) is 7.40. The fourth-order valence-corrected chi connectivity index (χ4v) is 3.68. The number of aryl methyl sites for hydroxylation is 1. The summed E-state index contributed by atoms with van der Waals surface area (Å²) < 4.78 is 7.03. The maximum atomic E-state index is 12.9. The normalized spacial score (nSPS) is 19.2. The van der Waals surface area contributed by atoms with E-state index in [1.165, 1.54) is 0 Å². The van der Waals surface area contributed by atoms with Gasteiger partial charge in [-0.25, -0.2) is 0 Å². The van der Waals surface area contributed by atoms with Crippen molar-refractivity contribution in [3.05, 3.63) is 101 Å². The molecule has 2 atom stereocenters. The number of rotatable bonds is 5. The Kier molecular flexibility index (Phi) is 5.80. The molecule has 6 heteroatoms. The van der Waals surface area contributed by atoms with Gasteiger partial charge in [-0.05, 0) is 55.0 Å². The number of benzene rings is 3. The lowest BCUT2D eigenvalue weighted by molar-refractivity contribution is -0.596. The highest BCUT2D eigenvalue weighted by molar-refractivity contribution is 5.98. The molecular formula is C25H24N3O3+. The summed E-state index contributed by atoms with van der Waals surface area (Å²) in [6.45, 7) is 2.01. The molecule has 31 heavy (non-hydrogen) atoms. The molecule has 0 spiro atoms. The number of carbonyl (C=O) groups is 2. The van der Waals surface area contributed by atoms with Crippen molar-refractivity contribution >= 4 is 18.0 Å². The molecule has 6 nitrogen and oxygen atoms in total. The second-order valence-electron chi connectivity index (χ2n) is 7.40. The smallest absolute Gasteiger partial charge is 0.304 e. The first-order valence-electron chi connectivity index (χ1n) is 10.1. The Hall–Kier alpha value is -3.93. The quantitative estimate of drug-likeness (QED) is 0.631. The highest BCUT2D eigenvalue weighted by Crippen LogP contribution is 2.27. The summed E-state index contributed by atoms with van der Waals surface area (Å²) >= 11 is 0. The van der Waals surface area contributed by atoms with E-state index in [2.05, 4.69) is 10.7 Å². The van der Waals surface area contributed by atoms with Crippen LogP contribution in [0.25, 0.3) is 0 Å². The number of nitrogens with zero attached hydrogens (tertiary/aromatic N) is 1. The first-order chi connectivity index (χ1) is 15.1. The number of hydrazone groups is 1. The minimum atomic E-state index is -0.763. The molecule has 1 saturated heterocycles. The molecule has 0 aromatic heterocycles. The average molecular weight is 414 g/mol. The number of amides is 2. The summed E-state index contributed by atoms with van der Waals surface area (Å²) in [6.07, 6.45) is 1.90. The van der Waals surface area contributed by atoms with Crippen LogP contribution in [0.2, 0.25) is 0 Å². The summed E-state index contributed by atoms with van der Waals surface area (Å²) in [5.74, 6) is 0.160. The average Bonchev–Trinajstić information content (AvgIpc) is 3.10. The van der Waals surface area contributed by atoms with E-state index in [9.17, 15) is 9.59 Å². The van der Waals surface area contributed by atoms with Gasteiger partial charge in [0.2, 0.25) is 12.3 Å². The first kappa shape index (κ1) is 20.3. The zero-order valence-electron chi connectivity index (χ0n) is 17.4. The van der Waals surface area contributed by atoms with E-state index in [0.29, 0.717) is 5.56 Å². The molecule has 3 aromatic rings. The Bertz CT molecular complexity index is 1120. The van der Waals surface area contributed by atoms with Crippen LogP contribution >= 0.6 is 0 Å². The molecule has 0 saturated carbocycles. The zero-order valence-corrected chi connectivity index (χ0v) is 17.4. The molecule has 0 unspecified atom stereocenters. The third kappa shape index (κ3) is 4.33. The molecule has 156 valence electrons. The summed E-state index contributed by atoms with van der Waals surface area (Å²) in [6, 6.07) is 23.1. The fourth-order valence-electron chi connectivity index (χ4n) is 3.68. The molecule has 1 aliphatic heterocycles. The number of hydrogen-bond donors (Lipinski definition) is 2. The van der Waals surface area contributed by atoms with Gasteiger partial charge < -0.3 is 10.1 Å². The Labute approximate surface area is 181 Å². The van der Waals surface area contributed by atoms with Crippen LogP contribution in [0.3, 0.4) is 0 Å². The van der Waals surface area contributed by atoms with Gasteiger partial charge in [0.25, 0.3) is 5.91 Å². The topological polar surface area (TPSA) is 70.4 Å². The molecule has 1 aliphatic rings. The number of hydrazine groups is 1. The van der Waals surface area contributed by atoms with Gasteiger partial charge in [0.15, 0.2) is 6.04 Å². The van der Waals surface area contributed by atoms with Gasteiger partial charge in [-0.15, -0.1) is 10.1 Å². The van der Waals surface area contributed by atoms with E-state index in [4.69, 9.17) is 4.74 Å². The van der Waals surface area contributed by atoms with Crippen molar-refractivity contribution in [1.82, 2.24) is 10.7 Å². The van der Waals surface area contributed by atoms with Gasteiger partial charge in [-0.2, -0.15) is 0 Å². The zero-order chi connectivity index (χ0) is 21.8. The van der Waals surface area contributed by atoms with E-state index >= 15 is 0 Å². The third-order valence-corrected chi connectivity index (χ3v) is 5.38. The second kappa shape index (κ2) is 8.83. The van der Waals surface area contributed by atoms with E-state index < -0.39 is 12.1 Å². The lowest BCUT2D eigenvalue weighted by Crippen LogP contribution is -2.42. The molecule has 0 radical (unpaired) electrons. The number of carbonyl (C=O) groups excluding carboxylic acids is 2. The maximum Gasteiger partial charge on any atom is 0.304 e. The summed E-state index contributed by atoms with van der Waals surface area (Å²) in [7, 11) is 1.61. The number of nitrogens with one attached hydrogen (secondary N) is 2. The Morgan fingerprint density at radius 3 is 2.35 bits per heavy atom. The van der Waals surface area contributed by atoms with Crippen LogP contribution in [-0.4, -0.2) is 35.9 Å². The van der Waals surface area contributed by atoms with Crippen molar-refractivity contribution in [2.24, 2.45) is 0 Å². The first-order valence-corrected chi connectivity index (χ1v) is 10.1. The van der Waals surface area contributed by atoms with Gasteiger partial charge in [0.05, 0.1) is 7.11 Å². The van der Waals surface area contributed by atoms with Crippen LogP contribution in [0.5, 0.6) is 5.75 Å². The van der Waals surface area contributed by atoms with Gasteiger partial charge in [-0.1, -0.05) is 36.4 Å². The van der Waals surface area contributed by atoms with Crippen LogP contribution in [0.15, 0.2) is 78.9 Å². The summed E-state index contributed by atoms with van der Waals surface area (Å²) in [5.41, 5.74) is 6.36. The molecule has 3 aromatic carbocycles. The molecule has 1 fully saturated rings. The van der Waals surface area contributed by atoms with E-state index in [1.807, 2.05) is 67.7 Å². The van der Waals surface area contributed by atoms with Crippen molar-refractivity contribution in [3.8, 4) is 5.75 Å². The molecule has 1 heterocycles.